The Bertz CT molecular complexity index is 980. The number of imide groups is 1. The van der Waals surface area contributed by atoms with Gasteiger partial charge in [-0.2, -0.15) is 5.11 Å². The van der Waals surface area contributed by atoms with Crippen molar-refractivity contribution in [2.75, 3.05) is 16.8 Å². The van der Waals surface area contributed by atoms with Gasteiger partial charge in [-0.15, -0.1) is 0 Å². The van der Waals surface area contributed by atoms with E-state index in [0.717, 1.165) is 21.5 Å². The van der Waals surface area contributed by atoms with Gasteiger partial charge in [0.15, 0.2) is 12.1 Å². The van der Waals surface area contributed by atoms with E-state index >= 15 is 0 Å². The first kappa shape index (κ1) is 18.2. The molecule has 2 aliphatic rings. The van der Waals surface area contributed by atoms with Gasteiger partial charge in [0, 0.05) is 10.2 Å². The lowest BCUT2D eigenvalue weighted by Crippen LogP contribution is -2.43. The van der Waals surface area contributed by atoms with Crippen LogP contribution in [0.1, 0.15) is 0 Å². The molecule has 0 aliphatic carbocycles. The average Bonchev–Trinajstić information content (AvgIpc) is 3.18. The fraction of sp³-hybridized carbons (Fsp3) is 0.167. The van der Waals surface area contributed by atoms with Gasteiger partial charge in [0.25, 0.3) is 11.8 Å². The molecule has 0 aromatic heterocycles. The van der Waals surface area contributed by atoms with E-state index in [2.05, 4.69) is 31.6 Å². The first-order chi connectivity index (χ1) is 13.4. The number of hydrogen-bond acceptors (Lipinski definition) is 6. The maximum atomic E-state index is 13.1. The molecule has 1 N–H and O–H groups in total. The molecule has 2 heterocycles. The molecule has 0 saturated carbocycles. The first-order valence-electron chi connectivity index (χ1n) is 8.30. The van der Waals surface area contributed by atoms with E-state index in [1.54, 1.807) is 24.3 Å². The number of fused-ring (bicyclic) bond motifs is 1. The number of carbonyl (C=O) groups excluding carboxylic acids is 3. The first-order valence-corrected chi connectivity index (χ1v) is 9.09. The summed E-state index contributed by atoms with van der Waals surface area (Å²) in [5.74, 6) is -1.99. The van der Waals surface area contributed by atoms with Gasteiger partial charge in [0.05, 0.1) is 5.69 Å². The Balaban J connectivity index is 1.48. The standard InChI is InChI=1S/C18H13BrFN5O3/c19-10-1-5-12(6-2-10)21-14(26)9-24-16-15(22-23-24)17(27)25(18(16)28)13-7-3-11(20)4-8-13/h1-8,15-16H,9H2,(H,21,26)/t15-,16+/m1/s1. The van der Waals surface area contributed by atoms with Crippen LogP contribution in [0.2, 0.25) is 0 Å². The second-order valence-electron chi connectivity index (χ2n) is 6.24. The van der Waals surface area contributed by atoms with Gasteiger partial charge in [-0.05, 0) is 48.5 Å². The number of amides is 3. The number of halogens is 2. The van der Waals surface area contributed by atoms with E-state index in [1.807, 2.05) is 0 Å². The van der Waals surface area contributed by atoms with E-state index < -0.39 is 35.6 Å². The molecule has 4 rings (SSSR count). The minimum Gasteiger partial charge on any atom is -0.324 e. The van der Waals surface area contributed by atoms with E-state index in [1.165, 1.54) is 17.1 Å². The highest BCUT2D eigenvalue weighted by Crippen LogP contribution is 2.31. The molecule has 0 radical (unpaired) electrons. The molecule has 1 saturated heterocycles. The highest BCUT2D eigenvalue weighted by molar-refractivity contribution is 9.10. The molecule has 28 heavy (non-hydrogen) atoms. The van der Waals surface area contributed by atoms with Gasteiger partial charge in [0.1, 0.15) is 12.4 Å². The summed E-state index contributed by atoms with van der Waals surface area (Å²) >= 11 is 3.31. The minimum atomic E-state index is -1.02. The normalized spacial score (nSPS) is 20.6. The van der Waals surface area contributed by atoms with Crippen molar-refractivity contribution in [3.05, 3.63) is 58.8 Å². The van der Waals surface area contributed by atoms with Crippen molar-refractivity contribution in [2.45, 2.75) is 12.1 Å². The van der Waals surface area contributed by atoms with Crippen LogP contribution in [0.15, 0.2) is 63.3 Å². The zero-order chi connectivity index (χ0) is 19.8. The topological polar surface area (TPSA) is 94.4 Å². The zero-order valence-electron chi connectivity index (χ0n) is 14.3. The van der Waals surface area contributed by atoms with Crippen molar-refractivity contribution in [2.24, 2.45) is 10.3 Å². The van der Waals surface area contributed by atoms with Crippen LogP contribution in [0.25, 0.3) is 0 Å². The lowest BCUT2D eigenvalue weighted by atomic mass is 10.1. The summed E-state index contributed by atoms with van der Waals surface area (Å²) < 4.78 is 14.0. The highest BCUT2D eigenvalue weighted by Gasteiger charge is 2.55. The van der Waals surface area contributed by atoms with Crippen molar-refractivity contribution in [3.8, 4) is 0 Å². The number of rotatable bonds is 4. The fourth-order valence-electron chi connectivity index (χ4n) is 3.08. The predicted molar refractivity (Wildman–Crippen MR) is 101 cm³/mol. The van der Waals surface area contributed by atoms with Crippen molar-refractivity contribution in [1.29, 1.82) is 0 Å². The van der Waals surface area contributed by atoms with Crippen LogP contribution >= 0.6 is 15.9 Å². The van der Waals surface area contributed by atoms with Crippen LogP contribution in [0, 0.1) is 5.82 Å². The van der Waals surface area contributed by atoms with E-state index in [4.69, 9.17) is 0 Å². The molecule has 3 amide bonds. The molecule has 8 nitrogen and oxygen atoms in total. The van der Waals surface area contributed by atoms with E-state index in [9.17, 15) is 18.8 Å². The van der Waals surface area contributed by atoms with Crippen molar-refractivity contribution < 1.29 is 18.8 Å². The number of anilines is 2. The lowest BCUT2D eigenvalue weighted by molar-refractivity contribution is -0.123. The zero-order valence-corrected chi connectivity index (χ0v) is 15.8. The van der Waals surface area contributed by atoms with E-state index in [0.29, 0.717) is 5.69 Å². The van der Waals surface area contributed by atoms with Gasteiger partial charge < -0.3 is 5.32 Å². The number of benzene rings is 2. The van der Waals surface area contributed by atoms with Gasteiger partial charge in [-0.25, -0.2) is 9.29 Å². The Morgan fingerprint density at radius 2 is 1.75 bits per heavy atom. The molecule has 0 spiro atoms. The fourth-order valence-corrected chi connectivity index (χ4v) is 3.34. The van der Waals surface area contributed by atoms with Crippen molar-refractivity contribution >= 4 is 45.0 Å². The Hall–Kier alpha value is -3.14. The van der Waals surface area contributed by atoms with Crippen molar-refractivity contribution in [3.63, 3.8) is 0 Å². The largest absolute Gasteiger partial charge is 0.324 e. The number of carbonyl (C=O) groups is 3. The Morgan fingerprint density at radius 3 is 2.43 bits per heavy atom. The molecular formula is C18H13BrFN5O3. The minimum absolute atomic E-state index is 0.239. The maximum absolute atomic E-state index is 13.1. The van der Waals surface area contributed by atoms with E-state index in [-0.39, 0.29) is 12.2 Å². The third-order valence-corrected chi connectivity index (χ3v) is 4.90. The second-order valence-corrected chi connectivity index (χ2v) is 7.15. The maximum Gasteiger partial charge on any atom is 0.263 e. The van der Waals surface area contributed by atoms with Crippen LogP contribution in [0.5, 0.6) is 0 Å². The number of nitrogens with one attached hydrogen (secondary N) is 1. The van der Waals surface area contributed by atoms with Crippen LogP contribution in [-0.4, -0.2) is 41.4 Å². The lowest BCUT2D eigenvalue weighted by Gasteiger charge is -2.20. The Morgan fingerprint density at radius 1 is 1.07 bits per heavy atom. The molecule has 2 aromatic carbocycles. The van der Waals surface area contributed by atoms with Gasteiger partial charge in [0.2, 0.25) is 5.91 Å². The monoisotopic (exact) mass is 445 g/mol. The summed E-state index contributed by atoms with van der Waals surface area (Å²) in [5.41, 5.74) is 0.836. The Labute approximate surface area is 167 Å². The summed E-state index contributed by atoms with van der Waals surface area (Å²) in [6, 6.07) is 9.99. The van der Waals surface area contributed by atoms with Crippen LogP contribution in [-0.2, 0) is 14.4 Å². The number of hydrogen-bond donors (Lipinski definition) is 1. The van der Waals surface area contributed by atoms with Crippen LogP contribution in [0.4, 0.5) is 15.8 Å². The summed E-state index contributed by atoms with van der Waals surface area (Å²) in [7, 11) is 0. The molecular weight excluding hydrogens is 433 g/mol. The number of nitrogens with zero attached hydrogens (tertiary/aromatic N) is 4. The molecule has 1 fully saturated rings. The smallest absolute Gasteiger partial charge is 0.263 e. The quantitative estimate of drug-likeness (QED) is 0.731. The summed E-state index contributed by atoms with van der Waals surface area (Å²) in [6.45, 7) is -0.239. The molecule has 10 heteroatoms. The third-order valence-electron chi connectivity index (χ3n) is 4.38. The second kappa shape index (κ2) is 7.12. The molecule has 0 bridgehead atoms. The molecule has 2 aliphatic heterocycles. The summed E-state index contributed by atoms with van der Waals surface area (Å²) in [4.78, 5) is 38.6. The molecule has 142 valence electrons. The predicted octanol–water partition coefficient (Wildman–Crippen LogP) is 2.52. The van der Waals surface area contributed by atoms with Gasteiger partial charge >= 0.3 is 0 Å². The third kappa shape index (κ3) is 3.26. The molecule has 0 unspecified atom stereocenters. The van der Waals surface area contributed by atoms with Crippen molar-refractivity contribution in [1.82, 2.24) is 5.01 Å². The average molecular weight is 446 g/mol. The van der Waals surface area contributed by atoms with Crippen LogP contribution < -0.4 is 10.2 Å². The molecule has 2 aromatic rings. The van der Waals surface area contributed by atoms with Gasteiger partial charge in [-0.3, -0.25) is 19.4 Å². The summed E-state index contributed by atoms with van der Waals surface area (Å²) in [5, 5.41) is 11.6. The van der Waals surface area contributed by atoms with Gasteiger partial charge in [-0.1, -0.05) is 21.2 Å². The summed E-state index contributed by atoms with van der Waals surface area (Å²) in [6.07, 6.45) is 0. The van der Waals surface area contributed by atoms with Crippen LogP contribution in [0.3, 0.4) is 0 Å². The SMILES string of the molecule is O=C(CN1N=N[C@H]2C(=O)N(c3ccc(F)cc3)C(=O)[C@H]21)Nc1ccc(Br)cc1. The molecule has 2 atom stereocenters. The highest BCUT2D eigenvalue weighted by atomic mass is 79.9. The Kier molecular flexibility index (Phi) is 4.63.